The molecular formula is C17H30N2O4. The molecular weight excluding hydrogens is 296 g/mol. The molecule has 2 rings (SSSR count). The number of hydrogen-bond acceptors (Lipinski definition) is 4. The van der Waals surface area contributed by atoms with Crippen LogP contribution in [0.15, 0.2) is 0 Å². The van der Waals surface area contributed by atoms with Crippen LogP contribution in [0.1, 0.15) is 51.9 Å². The lowest BCUT2D eigenvalue weighted by Crippen LogP contribution is -2.43. The van der Waals surface area contributed by atoms with Gasteiger partial charge in [-0.15, -0.1) is 0 Å². The van der Waals surface area contributed by atoms with Crippen molar-refractivity contribution in [2.45, 2.75) is 58.0 Å². The van der Waals surface area contributed by atoms with Crippen LogP contribution in [0.4, 0.5) is 4.79 Å². The smallest absolute Gasteiger partial charge is 0.409 e. The van der Waals surface area contributed by atoms with E-state index < -0.39 is 0 Å². The topological polar surface area (TPSA) is 70.1 Å². The summed E-state index contributed by atoms with van der Waals surface area (Å²) < 4.78 is 5.23. The number of aliphatic hydroxyl groups is 1. The van der Waals surface area contributed by atoms with Gasteiger partial charge in [0.25, 0.3) is 0 Å². The molecule has 0 bridgehead atoms. The molecule has 2 aliphatic heterocycles. The first kappa shape index (κ1) is 18.0. The van der Waals surface area contributed by atoms with E-state index in [1.807, 2.05) is 4.90 Å². The van der Waals surface area contributed by atoms with Crippen molar-refractivity contribution in [3.63, 3.8) is 0 Å². The molecule has 2 saturated heterocycles. The van der Waals surface area contributed by atoms with Crippen molar-refractivity contribution in [2.75, 3.05) is 32.8 Å². The first-order valence-electron chi connectivity index (χ1n) is 8.97. The highest BCUT2D eigenvalue weighted by Gasteiger charge is 2.28. The second kappa shape index (κ2) is 9.11. The molecule has 132 valence electrons. The van der Waals surface area contributed by atoms with Gasteiger partial charge in [0.05, 0.1) is 12.7 Å². The molecule has 0 aromatic rings. The lowest BCUT2D eigenvalue weighted by molar-refractivity contribution is -0.134. The van der Waals surface area contributed by atoms with Gasteiger partial charge in [-0.25, -0.2) is 4.79 Å². The number of aliphatic hydroxyl groups excluding tert-OH is 1. The van der Waals surface area contributed by atoms with Crippen molar-refractivity contribution in [3.05, 3.63) is 0 Å². The molecule has 6 heteroatoms. The maximum atomic E-state index is 12.3. The third-order valence-corrected chi connectivity index (χ3v) is 4.88. The van der Waals surface area contributed by atoms with E-state index in [-0.39, 0.29) is 18.1 Å². The van der Waals surface area contributed by atoms with Crippen LogP contribution in [-0.2, 0) is 9.53 Å². The van der Waals surface area contributed by atoms with Crippen LogP contribution in [-0.4, -0.2) is 65.8 Å². The summed E-state index contributed by atoms with van der Waals surface area (Å²) in [6.45, 7) is 5.27. The van der Waals surface area contributed by atoms with E-state index in [4.69, 9.17) is 4.74 Å². The van der Waals surface area contributed by atoms with Gasteiger partial charge in [-0.05, 0) is 38.0 Å². The number of carbonyl (C=O) groups is 2. The zero-order valence-corrected chi connectivity index (χ0v) is 14.2. The van der Waals surface area contributed by atoms with Crippen molar-refractivity contribution in [1.82, 2.24) is 9.80 Å². The Labute approximate surface area is 138 Å². The normalized spacial score (nSPS) is 20.6. The van der Waals surface area contributed by atoms with Gasteiger partial charge in [-0.3, -0.25) is 4.79 Å². The number of nitrogens with zero attached hydrogens (tertiary/aromatic N) is 2. The van der Waals surface area contributed by atoms with E-state index in [1.54, 1.807) is 4.90 Å². The van der Waals surface area contributed by atoms with Crippen LogP contribution in [0.3, 0.4) is 0 Å². The van der Waals surface area contributed by atoms with Gasteiger partial charge in [-0.1, -0.05) is 13.3 Å². The van der Waals surface area contributed by atoms with Crippen molar-refractivity contribution < 1.29 is 19.4 Å². The Morgan fingerprint density at radius 3 is 2.26 bits per heavy atom. The third-order valence-electron chi connectivity index (χ3n) is 4.88. The maximum absolute atomic E-state index is 12.3. The minimum absolute atomic E-state index is 0.195. The SMILES string of the molecule is CCCCOC(=O)N1CCC(CC(=O)N2CCC(O)CC2)CC1. The van der Waals surface area contributed by atoms with Gasteiger partial charge < -0.3 is 19.6 Å². The highest BCUT2D eigenvalue weighted by Crippen LogP contribution is 2.23. The van der Waals surface area contributed by atoms with Crippen LogP contribution < -0.4 is 0 Å². The number of carbonyl (C=O) groups excluding carboxylic acids is 2. The molecule has 2 heterocycles. The Morgan fingerprint density at radius 2 is 1.65 bits per heavy atom. The van der Waals surface area contributed by atoms with E-state index in [0.717, 1.165) is 25.7 Å². The van der Waals surface area contributed by atoms with E-state index >= 15 is 0 Å². The van der Waals surface area contributed by atoms with Gasteiger partial charge in [-0.2, -0.15) is 0 Å². The summed E-state index contributed by atoms with van der Waals surface area (Å²) in [6.07, 6.45) is 5.13. The predicted octanol–water partition coefficient (Wildman–Crippen LogP) is 2.01. The van der Waals surface area contributed by atoms with Crippen LogP contribution in [0.2, 0.25) is 0 Å². The predicted molar refractivity (Wildman–Crippen MR) is 87.0 cm³/mol. The summed E-state index contributed by atoms with van der Waals surface area (Å²) in [5, 5.41) is 9.50. The standard InChI is InChI=1S/C17H30N2O4/c1-2-3-12-23-17(22)19-8-4-14(5-9-19)13-16(21)18-10-6-15(20)7-11-18/h14-15,20H,2-13H2,1H3. The molecule has 2 fully saturated rings. The first-order valence-corrected chi connectivity index (χ1v) is 8.97. The number of piperidine rings is 2. The quantitative estimate of drug-likeness (QED) is 0.785. The molecule has 6 nitrogen and oxygen atoms in total. The van der Waals surface area contributed by atoms with E-state index in [1.165, 1.54) is 0 Å². The van der Waals surface area contributed by atoms with Crippen LogP contribution in [0.5, 0.6) is 0 Å². The molecule has 0 aromatic heterocycles. The van der Waals surface area contributed by atoms with Crippen molar-refractivity contribution in [1.29, 1.82) is 0 Å². The van der Waals surface area contributed by atoms with Gasteiger partial charge in [0.15, 0.2) is 0 Å². The lowest BCUT2D eigenvalue weighted by Gasteiger charge is -2.34. The fourth-order valence-electron chi connectivity index (χ4n) is 3.21. The average molecular weight is 326 g/mol. The van der Waals surface area contributed by atoms with Crippen molar-refractivity contribution in [2.24, 2.45) is 5.92 Å². The monoisotopic (exact) mass is 326 g/mol. The number of amides is 2. The highest BCUT2D eigenvalue weighted by molar-refractivity contribution is 5.76. The highest BCUT2D eigenvalue weighted by atomic mass is 16.6. The van der Waals surface area contributed by atoms with Gasteiger partial charge in [0, 0.05) is 32.6 Å². The summed E-state index contributed by atoms with van der Waals surface area (Å²) in [4.78, 5) is 27.8. The largest absolute Gasteiger partial charge is 0.449 e. The van der Waals surface area contributed by atoms with Crippen molar-refractivity contribution >= 4 is 12.0 Å². The molecule has 0 unspecified atom stereocenters. The molecule has 2 amide bonds. The van der Waals surface area contributed by atoms with Gasteiger partial charge >= 0.3 is 6.09 Å². The van der Waals surface area contributed by atoms with Crippen molar-refractivity contribution in [3.8, 4) is 0 Å². The second-order valence-electron chi connectivity index (χ2n) is 6.71. The molecule has 0 aromatic carbocycles. The molecule has 23 heavy (non-hydrogen) atoms. The number of hydrogen-bond donors (Lipinski definition) is 1. The zero-order chi connectivity index (χ0) is 16.7. The summed E-state index contributed by atoms with van der Waals surface area (Å²) in [6, 6.07) is 0. The van der Waals surface area contributed by atoms with Crippen LogP contribution in [0.25, 0.3) is 0 Å². The molecule has 0 aliphatic carbocycles. The fourth-order valence-corrected chi connectivity index (χ4v) is 3.21. The first-order chi connectivity index (χ1) is 11.1. The summed E-state index contributed by atoms with van der Waals surface area (Å²) in [5.41, 5.74) is 0. The van der Waals surface area contributed by atoms with E-state index in [9.17, 15) is 14.7 Å². The minimum Gasteiger partial charge on any atom is -0.449 e. The van der Waals surface area contributed by atoms with E-state index in [2.05, 4.69) is 6.92 Å². The maximum Gasteiger partial charge on any atom is 0.409 e. The van der Waals surface area contributed by atoms with E-state index in [0.29, 0.717) is 58.0 Å². The Balaban J connectivity index is 1.66. The summed E-state index contributed by atoms with van der Waals surface area (Å²) >= 11 is 0. The Hall–Kier alpha value is -1.30. The number of likely N-dealkylation sites (tertiary alicyclic amines) is 2. The molecule has 0 atom stereocenters. The molecule has 0 spiro atoms. The second-order valence-corrected chi connectivity index (χ2v) is 6.71. The molecule has 1 N–H and O–H groups in total. The van der Waals surface area contributed by atoms with Gasteiger partial charge in [0.1, 0.15) is 0 Å². The molecule has 2 aliphatic rings. The Morgan fingerprint density at radius 1 is 1.04 bits per heavy atom. The zero-order valence-electron chi connectivity index (χ0n) is 14.2. The Kier molecular flexibility index (Phi) is 7.15. The minimum atomic E-state index is -0.249. The van der Waals surface area contributed by atoms with Crippen LogP contribution in [0, 0.1) is 5.92 Å². The molecule has 0 radical (unpaired) electrons. The lowest BCUT2D eigenvalue weighted by atomic mass is 9.92. The number of ether oxygens (including phenoxy) is 1. The Bertz CT molecular complexity index is 386. The number of unbranched alkanes of at least 4 members (excludes halogenated alkanes) is 1. The summed E-state index contributed by atoms with van der Waals surface area (Å²) in [5.74, 6) is 0.551. The molecule has 0 saturated carbocycles. The van der Waals surface area contributed by atoms with Crippen LogP contribution >= 0.6 is 0 Å². The fraction of sp³-hybridized carbons (Fsp3) is 0.882. The average Bonchev–Trinajstić information content (AvgIpc) is 2.56. The summed E-state index contributed by atoms with van der Waals surface area (Å²) in [7, 11) is 0. The number of rotatable bonds is 5. The third kappa shape index (κ3) is 5.68. The van der Waals surface area contributed by atoms with Gasteiger partial charge in [0.2, 0.25) is 5.91 Å².